The Balaban J connectivity index is 2.10. The van der Waals surface area contributed by atoms with E-state index in [0.29, 0.717) is 17.9 Å². The van der Waals surface area contributed by atoms with Crippen LogP contribution in [-0.4, -0.2) is 12.6 Å². The van der Waals surface area contributed by atoms with Crippen molar-refractivity contribution in [3.63, 3.8) is 0 Å². The molecule has 1 aliphatic rings. The van der Waals surface area contributed by atoms with Gasteiger partial charge in [0.1, 0.15) is 5.82 Å². The number of hydrogen-bond acceptors (Lipinski definition) is 2. The molecule has 19 heavy (non-hydrogen) atoms. The monoisotopic (exact) mass is 264 g/mol. The molecule has 3 N–H and O–H groups in total. The van der Waals surface area contributed by atoms with Crippen molar-refractivity contribution in [3.05, 3.63) is 35.6 Å². The van der Waals surface area contributed by atoms with Crippen molar-refractivity contribution < 1.29 is 4.39 Å². The van der Waals surface area contributed by atoms with Gasteiger partial charge in [0, 0.05) is 12.1 Å². The molecule has 2 rings (SSSR count). The van der Waals surface area contributed by atoms with Gasteiger partial charge in [0.25, 0.3) is 0 Å². The molecule has 0 heterocycles. The standard InChI is InChI=1S/C16H25FN2/c1-11(2)16(12-6-8-14(17)9-7-12)19-15-5-3-4-13(15)10-18/h6-9,11,13,15-16,19H,3-5,10,18H2,1-2H3. The summed E-state index contributed by atoms with van der Waals surface area (Å²) in [5.41, 5.74) is 7.01. The van der Waals surface area contributed by atoms with E-state index in [4.69, 9.17) is 5.73 Å². The Morgan fingerprint density at radius 3 is 2.53 bits per heavy atom. The van der Waals surface area contributed by atoms with Crippen LogP contribution in [0.3, 0.4) is 0 Å². The maximum atomic E-state index is 13.0. The minimum Gasteiger partial charge on any atom is -0.330 e. The fourth-order valence-corrected chi connectivity index (χ4v) is 3.11. The van der Waals surface area contributed by atoms with Crippen molar-refractivity contribution in [2.75, 3.05) is 6.54 Å². The van der Waals surface area contributed by atoms with E-state index in [1.165, 1.54) is 24.8 Å². The summed E-state index contributed by atoms with van der Waals surface area (Å²) in [5.74, 6) is 0.887. The zero-order chi connectivity index (χ0) is 13.8. The van der Waals surface area contributed by atoms with Crippen LogP contribution in [0.1, 0.15) is 44.7 Å². The smallest absolute Gasteiger partial charge is 0.123 e. The van der Waals surface area contributed by atoms with Gasteiger partial charge in [-0.1, -0.05) is 32.4 Å². The third-order valence-electron chi connectivity index (χ3n) is 4.25. The third kappa shape index (κ3) is 3.54. The minimum atomic E-state index is -0.174. The molecule has 1 fully saturated rings. The molecule has 0 radical (unpaired) electrons. The molecule has 3 heteroatoms. The van der Waals surface area contributed by atoms with E-state index < -0.39 is 0 Å². The topological polar surface area (TPSA) is 38.0 Å². The highest BCUT2D eigenvalue weighted by atomic mass is 19.1. The first-order valence-electron chi connectivity index (χ1n) is 7.33. The van der Waals surface area contributed by atoms with Crippen molar-refractivity contribution >= 4 is 0 Å². The van der Waals surface area contributed by atoms with Gasteiger partial charge >= 0.3 is 0 Å². The molecule has 0 spiro atoms. The lowest BCUT2D eigenvalue weighted by molar-refractivity contribution is 0.315. The van der Waals surface area contributed by atoms with Gasteiger partial charge in [-0.2, -0.15) is 0 Å². The minimum absolute atomic E-state index is 0.174. The van der Waals surface area contributed by atoms with Crippen molar-refractivity contribution in [1.82, 2.24) is 5.32 Å². The van der Waals surface area contributed by atoms with Crippen molar-refractivity contribution in [1.29, 1.82) is 0 Å². The summed E-state index contributed by atoms with van der Waals surface area (Å²) in [5, 5.41) is 3.75. The first-order valence-corrected chi connectivity index (χ1v) is 7.33. The zero-order valence-corrected chi connectivity index (χ0v) is 11.9. The lowest BCUT2D eigenvalue weighted by Crippen LogP contribution is -2.40. The van der Waals surface area contributed by atoms with E-state index >= 15 is 0 Å². The van der Waals surface area contributed by atoms with Gasteiger partial charge in [-0.05, 0) is 48.9 Å². The zero-order valence-electron chi connectivity index (χ0n) is 11.9. The summed E-state index contributed by atoms with van der Waals surface area (Å²) < 4.78 is 13.0. The van der Waals surface area contributed by atoms with Crippen molar-refractivity contribution in [2.24, 2.45) is 17.6 Å². The number of nitrogens with one attached hydrogen (secondary N) is 1. The molecule has 3 unspecified atom stereocenters. The van der Waals surface area contributed by atoms with E-state index in [9.17, 15) is 4.39 Å². The van der Waals surface area contributed by atoms with Crippen LogP contribution in [0.25, 0.3) is 0 Å². The average Bonchev–Trinajstić information content (AvgIpc) is 2.84. The van der Waals surface area contributed by atoms with Gasteiger partial charge < -0.3 is 11.1 Å². The molecule has 1 aromatic rings. The Hall–Kier alpha value is -0.930. The fourth-order valence-electron chi connectivity index (χ4n) is 3.11. The Kier molecular flexibility index (Phi) is 4.94. The molecular formula is C16H25FN2. The Morgan fingerprint density at radius 1 is 1.26 bits per heavy atom. The van der Waals surface area contributed by atoms with Crippen LogP contribution < -0.4 is 11.1 Å². The fraction of sp³-hybridized carbons (Fsp3) is 0.625. The molecule has 0 amide bonds. The van der Waals surface area contributed by atoms with Gasteiger partial charge in [-0.15, -0.1) is 0 Å². The lowest BCUT2D eigenvalue weighted by Gasteiger charge is -2.29. The van der Waals surface area contributed by atoms with Crippen LogP contribution >= 0.6 is 0 Å². The van der Waals surface area contributed by atoms with Crippen molar-refractivity contribution in [3.8, 4) is 0 Å². The molecule has 3 atom stereocenters. The first-order chi connectivity index (χ1) is 9.11. The van der Waals surface area contributed by atoms with Crippen molar-refractivity contribution in [2.45, 2.75) is 45.2 Å². The van der Waals surface area contributed by atoms with Gasteiger partial charge in [-0.3, -0.25) is 0 Å². The molecule has 1 aromatic carbocycles. The summed E-state index contributed by atoms with van der Waals surface area (Å²) >= 11 is 0. The summed E-state index contributed by atoms with van der Waals surface area (Å²) in [6.07, 6.45) is 3.68. The maximum absolute atomic E-state index is 13.0. The van der Waals surface area contributed by atoms with E-state index in [-0.39, 0.29) is 11.9 Å². The second-order valence-corrected chi connectivity index (χ2v) is 5.97. The summed E-state index contributed by atoms with van der Waals surface area (Å²) in [4.78, 5) is 0. The summed E-state index contributed by atoms with van der Waals surface area (Å²) in [7, 11) is 0. The van der Waals surface area contributed by atoms with Crippen LogP contribution in [0.4, 0.5) is 4.39 Å². The molecule has 0 saturated heterocycles. The molecule has 1 aliphatic carbocycles. The second-order valence-electron chi connectivity index (χ2n) is 5.97. The normalized spacial score (nSPS) is 24.9. The molecule has 1 saturated carbocycles. The Labute approximate surface area is 115 Å². The van der Waals surface area contributed by atoms with Gasteiger partial charge in [-0.25, -0.2) is 4.39 Å². The van der Waals surface area contributed by atoms with Gasteiger partial charge in [0.15, 0.2) is 0 Å². The number of rotatable bonds is 5. The molecule has 0 aliphatic heterocycles. The molecule has 106 valence electrons. The quantitative estimate of drug-likeness (QED) is 0.857. The Morgan fingerprint density at radius 2 is 1.95 bits per heavy atom. The maximum Gasteiger partial charge on any atom is 0.123 e. The third-order valence-corrected chi connectivity index (χ3v) is 4.25. The van der Waals surface area contributed by atoms with Crippen LogP contribution in [0.15, 0.2) is 24.3 Å². The Bertz CT molecular complexity index is 388. The van der Waals surface area contributed by atoms with Crippen LogP contribution in [0.5, 0.6) is 0 Å². The number of benzene rings is 1. The highest BCUT2D eigenvalue weighted by molar-refractivity contribution is 5.20. The number of hydrogen-bond donors (Lipinski definition) is 2. The van der Waals surface area contributed by atoms with E-state index in [1.54, 1.807) is 12.1 Å². The molecule has 2 nitrogen and oxygen atoms in total. The molecule has 0 bridgehead atoms. The highest BCUT2D eigenvalue weighted by Gasteiger charge is 2.29. The van der Waals surface area contributed by atoms with Crippen LogP contribution in [0.2, 0.25) is 0 Å². The lowest BCUT2D eigenvalue weighted by atomic mass is 9.93. The van der Waals surface area contributed by atoms with Crippen LogP contribution in [-0.2, 0) is 0 Å². The summed E-state index contributed by atoms with van der Waals surface area (Å²) in [6, 6.07) is 7.64. The average molecular weight is 264 g/mol. The largest absolute Gasteiger partial charge is 0.330 e. The first kappa shape index (κ1) is 14.5. The predicted molar refractivity (Wildman–Crippen MR) is 77.3 cm³/mol. The molecular weight excluding hydrogens is 239 g/mol. The summed E-state index contributed by atoms with van der Waals surface area (Å²) in [6.45, 7) is 5.16. The van der Waals surface area contributed by atoms with E-state index in [2.05, 4.69) is 19.2 Å². The van der Waals surface area contributed by atoms with E-state index in [1.807, 2.05) is 12.1 Å². The molecule has 0 aromatic heterocycles. The highest BCUT2D eigenvalue weighted by Crippen LogP contribution is 2.30. The number of nitrogens with two attached hydrogens (primary N) is 1. The SMILES string of the molecule is CC(C)C(NC1CCCC1CN)c1ccc(F)cc1. The van der Waals surface area contributed by atoms with Crippen LogP contribution in [0, 0.1) is 17.7 Å². The predicted octanol–water partition coefficient (Wildman–Crippen LogP) is 3.24. The van der Waals surface area contributed by atoms with Gasteiger partial charge in [0.2, 0.25) is 0 Å². The van der Waals surface area contributed by atoms with Gasteiger partial charge in [0.05, 0.1) is 0 Å². The second kappa shape index (κ2) is 6.49. The van der Waals surface area contributed by atoms with E-state index in [0.717, 1.165) is 6.54 Å². The number of halogens is 1.